The van der Waals surface area contributed by atoms with E-state index in [1.165, 1.54) is 0 Å². The Morgan fingerprint density at radius 2 is 1.20 bits per heavy atom. The molecule has 0 aromatic rings. The van der Waals surface area contributed by atoms with Crippen molar-refractivity contribution in [3.05, 3.63) is 0 Å². The standard InChI is InChI=1S/C3H10SSi/c1-5(2,3)4/h4H,1-3H3. The van der Waals surface area contributed by atoms with Gasteiger partial charge >= 0.3 is 0 Å². The molecule has 0 saturated heterocycles. The van der Waals surface area contributed by atoms with Crippen LogP contribution in [0, 0.1) is 0 Å². The Hall–Kier alpha value is 0.567. The summed E-state index contributed by atoms with van der Waals surface area (Å²) in [5, 5.41) is 0. The smallest absolute Gasteiger partial charge is 0.104 e. The summed E-state index contributed by atoms with van der Waals surface area (Å²) >= 11 is 4.26. The molecule has 32 valence electrons. The Bertz CT molecular complexity index is 22.4. The molecule has 0 amide bonds. The molecule has 0 nitrogen and oxygen atoms in total. The highest BCUT2D eigenvalue weighted by atomic mass is 32.3. The van der Waals surface area contributed by atoms with Gasteiger partial charge in [-0.3, -0.25) is 0 Å². The van der Waals surface area contributed by atoms with Crippen LogP contribution in [-0.2, 0) is 0 Å². The molecule has 0 rings (SSSR count). The summed E-state index contributed by atoms with van der Waals surface area (Å²) in [5.74, 6) is 0. The van der Waals surface area contributed by atoms with Gasteiger partial charge in [0.2, 0.25) is 0 Å². The van der Waals surface area contributed by atoms with Crippen LogP contribution in [0.5, 0.6) is 0 Å². The summed E-state index contributed by atoms with van der Waals surface area (Å²) in [6.45, 7) is 6.57. The highest BCUT2D eigenvalue weighted by Crippen LogP contribution is 2.02. The Morgan fingerprint density at radius 1 is 1.20 bits per heavy atom. The molecule has 0 unspecified atom stereocenters. The van der Waals surface area contributed by atoms with Gasteiger partial charge in [-0.1, -0.05) is 19.6 Å². The van der Waals surface area contributed by atoms with E-state index in [4.69, 9.17) is 0 Å². The van der Waals surface area contributed by atoms with Crippen LogP contribution in [-0.4, -0.2) is 7.22 Å². The predicted octanol–water partition coefficient (Wildman–Crippen LogP) is 1.75. The number of rotatable bonds is 0. The minimum Gasteiger partial charge on any atom is -0.202 e. The van der Waals surface area contributed by atoms with Crippen LogP contribution in [0.15, 0.2) is 0 Å². The second kappa shape index (κ2) is 1.35. The van der Waals surface area contributed by atoms with Crippen molar-refractivity contribution in [1.29, 1.82) is 0 Å². The van der Waals surface area contributed by atoms with Gasteiger partial charge in [-0.2, -0.15) is 0 Å². The minimum absolute atomic E-state index is 0.917. The summed E-state index contributed by atoms with van der Waals surface area (Å²) in [6.07, 6.45) is 0. The topological polar surface area (TPSA) is 0 Å². The van der Waals surface area contributed by atoms with Crippen molar-refractivity contribution in [2.75, 3.05) is 0 Å². The highest BCUT2D eigenvalue weighted by molar-refractivity contribution is 8.14. The zero-order valence-electron chi connectivity index (χ0n) is 3.95. The Kier molecular flexibility index (Phi) is 1.50. The molecule has 0 heterocycles. The van der Waals surface area contributed by atoms with Gasteiger partial charge in [-0.05, 0) is 0 Å². The third-order valence-corrected chi connectivity index (χ3v) is 0. The van der Waals surface area contributed by atoms with Crippen molar-refractivity contribution >= 4 is 19.3 Å². The lowest BCUT2D eigenvalue weighted by Gasteiger charge is -2.00. The summed E-state index contributed by atoms with van der Waals surface area (Å²) in [4.78, 5) is 0. The summed E-state index contributed by atoms with van der Waals surface area (Å²) in [5.41, 5.74) is 0. The molecular weight excluding hydrogens is 96.2 g/mol. The van der Waals surface area contributed by atoms with Crippen LogP contribution in [0.4, 0.5) is 0 Å². The van der Waals surface area contributed by atoms with E-state index in [-0.39, 0.29) is 0 Å². The number of hydrogen-bond acceptors (Lipinski definition) is 1. The lowest BCUT2D eigenvalue weighted by molar-refractivity contribution is 1.88. The van der Waals surface area contributed by atoms with E-state index >= 15 is 0 Å². The first-order valence-electron chi connectivity index (χ1n) is 1.72. The van der Waals surface area contributed by atoms with E-state index in [1.54, 1.807) is 0 Å². The molecule has 0 aliphatic heterocycles. The summed E-state index contributed by atoms with van der Waals surface area (Å²) in [6, 6.07) is 0. The van der Waals surface area contributed by atoms with E-state index < -0.39 is 7.22 Å². The summed E-state index contributed by atoms with van der Waals surface area (Å²) < 4.78 is 0. The molecule has 0 N–H and O–H groups in total. The lowest BCUT2D eigenvalue weighted by atomic mass is 11.8. The SMILES string of the molecule is C[Si](C)(C)S. The predicted molar refractivity (Wildman–Crippen MR) is 32.3 cm³/mol. The highest BCUT2D eigenvalue weighted by Gasteiger charge is 2.01. The fraction of sp³-hybridized carbons (Fsp3) is 1.00. The fourth-order valence-electron chi connectivity index (χ4n) is 0. The van der Waals surface area contributed by atoms with E-state index in [0.717, 1.165) is 0 Å². The Labute approximate surface area is 39.6 Å². The Balaban J connectivity index is 3.02. The molecule has 5 heavy (non-hydrogen) atoms. The Morgan fingerprint density at radius 3 is 1.20 bits per heavy atom. The van der Waals surface area contributed by atoms with Gasteiger partial charge in [0, 0.05) is 0 Å². The van der Waals surface area contributed by atoms with Crippen molar-refractivity contribution in [1.82, 2.24) is 0 Å². The number of thiol groups is 1. The molecule has 0 bridgehead atoms. The van der Waals surface area contributed by atoms with Gasteiger partial charge < -0.3 is 0 Å². The maximum absolute atomic E-state index is 4.26. The zero-order valence-corrected chi connectivity index (χ0v) is 5.84. The van der Waals surface area contributed by atoms with Crippen LogP contribution < -0.4 is 0 Å². The third kappa shape index (κ3) is 93.6. The average molecular weight is 106 g/mol. The van der Waals surface area contributed by atoms with Crippen molar-refractivity contribution in [2.45, 2.75) is 19.6 Å². The first-order chi connectivity index (χ1) is 2.00. The van der Waals surface area contributed by atoms with Gasteiger partial charge in [-0.15, -0.1) is 0 Å². The van der Waals surface area contributed by atoms with Crippen LogP contribution >= 0.6 is 12.1 Å². The second-order valence-electron chi connectivity index (χ2n) is 2.17. The largest absolute Gasteiger partial charge is 0.202 e. The van der Waals surface area contributed by atoms with Crippen molar-refractivity contribution in [2.24, 2.45) is 0 Å². The van der Waals surface area contributed by atoms with Gasteiger partial charge in [0.15, 0.2) is 0 Å². The third-order valence-electron chi connectivity index (χ3n) is 0. The van der Waals surface area contributed by atoms with Gasteiger partial charge in [0.05, 0.1) is 0 Å². The molecule has 0 aliphatic carbocycles. The molecule has 2 heteroatoms. The quantitative estimate of drug-likeness (QED) is 0.353. The lowest BCUT2D eigenvalue weighted by Crippen LogP contribution is -2.06. The van der Waals surface area contributed by atoms with Crippen molar-refractivity contribution in [3.63, 3.8) is 0 Å². The van der Waals surface area contributed by atoms with E-state index in [9.17, 15) is 0 Å². The molecule has 0 aliphatic rings. The normalized spacial score (nSPS) is 12.0. The van der Waals surface area contributed by atoms with Crippen LogP contribution in [0.25, 0.3) is 0 Å². The zero-order chi connectivity index (χ0) is 4.50. The molecule has 0 atom stereocenters. The van der Waals surface area contributed by atoms with Crippen molar-refractivity contribution in [3.8, 4) is 0 Å². The molecular formula is C3H10SSi. The van der Waals surface area contributed by atoms with Gasteiger partial charge in [-0.25, -0.2) is 12.1 Å². The first kappa shape index (κ1) is 5.57. The molecule has 0 radical (unpaired) electrons. The molecule has 0 fully saturated rings. The van der Waals surface area contributed by atoms with Gasteiger partial charge in [0.25, 0.3) is 0 Å². The molecule has 0 saturated carbocycles. The molecule has 0 aromatic carbocycles. The maximum Gasteiger partial charge on any atom is 0.104 e. The van der Waals surface area contributed by atoms with Crippen LogP contribution in [0.3, 0.4) is 0 Å². The number of hydrogen-bond donors (Lipinski definition) is 1. The summed E-state index contributed by atoms with van der Waals surface area (Å²) in [7, 11) is -0.917. The average Bonchev–Trinajstić information content (AvgIpc) is 0.722. The van der Waals surface area contributed by atoms with Crippen molar-refractivity contribution < 1.29 is 0 Å². The van der Waals surface area contributed by atoms with E-state index in [0.29, 0.717) is 0 Å². The second-order valence-corrected chi connectivity index (χ2v) is 10.5. The van der Waals surface area contributed by atoms with E-state index in [1.807, 2.05) is 0 Å². The minimum atomic E-state index is -0.917. The molecule has 0 aromatic heterocycles. The maximum atomic E-state index is 4.26. The van der Waals surface area contributed by atoms with Crippen LogP contribution in [0.2, 0.25) is 19.6 Å². The fourth-order valence-corrected chi connectivity index (χ4v) is 0. The van der Waals surface area contributed by atoms with Gasteiger partial charge in [0.1, 0.15) is 7.22 Å². The van der Waals surface area contributed by atoms with Crippen LogP contribution in [0.1, 0.15) is 0 Å². The molecule has 0 spiro atoms. The van der Waals surface area contributed by atoms with E-state index in [2.05, 4.69) is 31.7 Å². The first-order valence-corrected chi connectivity index (χ1v) is 6.51. The monoisotopic (exact) mass is 106 g/mol.